The van der Waals surface area contributed by atoms with Gasteiger partial charge in [0.1, 0.15) is 6.54 Å². The number of nitrogens with one attached hydrogen (secondary N) is 1. The first-order valence-corrected chi connectivity index (χ1v) is 8.11. The molecule has 3 nitrogen and oxygen atoms in total. The number of rotatable bonds is 5. The summed E-state index contributed by atoms with van der Waals surface area (Å²) in [4.78, 5) is 12.0. The second-order valence-corrected chi connectivity index (χ2v) is 6.37. The van der Waals surface area contributed by atoms with Gasteiger partial charge in [0.25, 0.3) is 0 Å². The average molecular weight is 305 g/mol. The number of nitrogens with zero attached hydrogens (tertiary/aromatic N) is 1. The molecule has 1 aromatic carbocycles. The van der Waals surface area contributed by atoms with Crippen LogP contribution in [0, 0.1) is 5.92 Å². The lowest BCUT2D eigenvalue weighted by molar-refractivity contribution is -0.121. The zero-order chi connectivity index (χ0) is 14.7. The van der Waals surface area contributed by atoms with Crippen molar-refractivity contribution in [3.05, 3.63) is 35.5 Å². The van der Waals surface area contributed by atoms with Gasteiger partial charge in [0, 0.05) is 23.3 Å². The highest BCUT2D eigenvalue weighted by Gasteiger charge is 2.14. The van der Waals surface area contributed by atoms with Crippen molar-refractivity contribution < 1.29 is 4.79 Å². The van der Waals surface area contributed by atoms with Crippen LogP contribution in [-0.2, 0) is 11.3 Å². The summed E-state index contributed by atoms with van der Waals surface area (Å²) in [7, 11) is 0. The van der Waals surface area contributed by atoms with Crippen LogP contribution in [0.4, 0.5) is 0 Å². The van der Waals surface area contributed by atoms with E-state index in [0.29, 0.717) is 11.6 Å². The van der Waals surface area contributed by atoms with E-state index in [9.17, 15) is 4.79 Å². The fourth-order valence-electron chi connectivity index (χ4n) is 3.22. The third-order valence-electron chi connectivity index (χ3n) is 4.40. The van der Waals surface area contributed by atoms with E-state index >= 15 is 0 Å². The third-order valence-corrected chi connectivity index (χ3v) is 4.63. The number of benzene rings is 1. The molecule has 0 aliphatic heterocycles. The maximum atomic E-state index is 12.0. The molecule has 2 aromatic rings. The number of carbonyl (C=O) groups excluding carboxylic acids is 1. The Morgan fingerprint density at radius 1 is 1.29 bits per heavy atom. The van der Waals surface area contributed by atoms with Crippen LogP contribution in [0.5, 0.6) is 0 Å². The summed E-state index contributed by atoms with van der Waals surface area (Å²) in [5.74, 6) is 0.891. The van der Waals surface area contributed by atoms with Gasteiger partial charge in [0.2, 0.25) is 5.91 Å². The van der Waals surface area contributed by atoms with Crippen LogP contribution >= 0.6 is 11.6 Å². The molecule has 4 heteroatoms. The molecule has 0 saturated heterocycles. The Hall–Kier alpha value is -1.48. The molecule has 0 unspecified atom stereocenters. The van der Waals surface area contributed by atoms with E-state index < -0.39 is 0 Å². The lowest BCUT2D eigenvalue weighted by Gasteiger charge is -2.10. The molecular weight excluding hydrogens is 284 g/mol. The van der Waals surface area contributed by atoms with Crippen molar-refractivity contribution in [1.82, 2.24) is 9.88 Å². The molecule has 1 aliphatic carbocycles. The van der Waals surface area contributed by atoms with Gasteiger partial charge in [-0.15, -0.1) is 0 Å². The molecule has 1 aliphatic rings. The predicted octanol–water partition coefficient (Wildman–Crippen LogP) is 3.99. The number of fused-ring (bicyclic) bond motifs is 1. The molecule has 1 saturated carbocycles. The summed E-state index contributed by atoms with van der Waals surface area (Å²) in [6.07, 6.45) is 8.43. The molecule has 0 bridgehead atoms. The molecule has 112 valence electrons. The van der Waals surface area contributed by atoms with E-state index in [2.05, 4.69) is 5.32 Å². The van der Waals surface area contributed by atoms with Gasteiger partial charge >= 0.3 is 0 Å². The fourth-order valence-corrected chi connectivity index (χ4v) is 3.39. The van der Waals surface area contributed by atoms with Crippen LogP contribution in [0.3, 0.4) is 0 Å². The van der Waals surface area contributed by atoms with Gasteiger partial charge in [-0.3, -0.25) is 4.79 Å². The Labute approximate surface area is 130 Å². The molecular formula is C17H21ClN2O. The number of aromatic nitrogens is 1. The van der Waals surface area contributed by atoms with Crippen molar-refractivity contribution in [2.75, 3.05) is 6.54 Å². The number of hydrogen-bond acceptors (Lipinski definition) is 1. The summed E-state index contributed by atoms with van der Waals surface area (Å²) in [5.41, 5.74) is 1.01. The van der Waals surface area contributed by atoms with Crippen molar-refractivity contribution in [3.8, 4) is 0 Å². The normalized spacial score (nSPS) is 15.7. The standard InChI is InChI=1S/C17H21ClN2O/c18-15-6-5-14-8-10-20(16(14)11-15)12-17(21)19-9-7-13-3-1-2-4-13/h5-6,8,10-11,13H,1-4,7,9,12H2,(H,19,21). The first-order chi connectivity index (χ1) is 10.2. The molecule has 21 heavy (non-hydrogen) atoms. The van der Waals surface area contributed by atoms with Gasteiger partial charge in [-0.2, -0.15) is 0 Å². The highest BCUT2D eigenvalue weighted by molar-refractivity contribution is 6.31. The number of halogens is 1. The second-order valence-electron chi connectivity index (χ2n) is 5.94. The molecule has 3 rings (SSSR count). The summed E-state index contributed by atoms with van der Waals surface area (Å²) in [6.45, 7) is 1.15. The van der Waals surface area contributed by atoms with Crippen molar-refractivity contribution >= 4 is 28.4 Å². The summed E-state index contributed by atoms with van der Waals surface area (Å²) in [6, 6.07) is 7.77. The molecule has 1 heterocycles. The minimum Gasteiger partial charge on any atom is -0.355 e. The highest BCUT2D eigenvalue weighted by atomic mass is 35.5. The van der Waals surface area contributed by atoms with Gasteiger partial charge in [0.15, 0.2) is 0 Å². The maximum Gasteiger partial charge on any atom is 0.239 e. The van der Waals surface area contributed by atoms with Crippen molar-refractivity contribution in [1.29, 1.82) is 0 Å². The van der Waals surface area contributed by atoms with E-state index in [1.54, 1.807) is 0 Å². The van der Waals surface area contributed by atoms with Crippen LogP contribution in [0.2, 0.25) is 5.02 Å². The smallest absolute Gasteiger partial charge is 0.239 e. The van der Waals surface area contributed by atoms with Gasteiger partial charge in [-0.05, 0) is 35.9 Å². The molecule has 0 atom stereocenters. The topological polar surface area (TPSA) is 34.0 Å². The summed E-state index contributed by atoms with van der Waals surface area (Å²) in [5, 5.41) is 4.84. The van der Waals surface area contributed by atoms with Crippen LogP contribution in [0.15, 0.2) is 30.5 Å². The molecule has 1 fully saturated rings. The van der Waals surface area contributed by atoms with E-state index in [1.807, 2.05) is 35.0 Å². The number of carbonyl (C=O) groups is 1. The molecule has 1 amide bonds. The lowest BCUT2D eigenvalue weighted by atomic mass is 10.0. The average Bonchev–Trinajstić information content (AvgIpc) is 3.09. The highest BCUT2D eigenvalue weighted by Crippen LogP contribution is 2.26. The maximum absolute atomic E-state index is 12.0. The summed E-state index contributed by atoms with van der Waals surface area (Å²) >= 11 is 6.03. The molecule has 0 radical (unpaired) electrons. The van der Waals surface area contributed by atoms with E-state index in [1.165, 1.54) is 25.7 Å². The Kier molecular flexibility index (Phi) is 4.49. The predicted molar refractivity (Wildman–Crippen MR) is 86.5 cm³/mol. The Bertz CT molecular complexity index is 629. The number of hydrogen-bond donors (Lipinski definition) is 1. The zero-order valence-electron chi connectivity index (χ0n) is 12.1. The molecule has 1 N–H and O–H groups in total. The molecule has 1 aromatic heterocycles. The van der Waals surface area contributed by atoms with Crippen LogP contribution in [-0.4, -0.2) is 17.0 Å². The second kappa shape index (κ2) is 6.52. The van der Waals surface area contributed by atoms with Crippen LogP contribution < -0.4 is 5.32 Å². The Balaban J connectivity index is 1.54. The Morgan fingerprint density at radius 2 is 2.10 bits per heavy atom. The van der Waals surface area contributed by atoms with Crippen molar-refractivity contribution in [3.63, 3.8) is 0 Å². The minimum absolute atomic E-state index is 0.0745. The Morgan fingerprint density at radius 3 is 2.90 bits per heavy atom. The zero-order valence-corrected chi connectivity index (χ0v) is 12.9. The fraction of sp³-hybridized carbons (Fsp3) is 0.471. The van der Waals surface area contributed by atoms with Gasteiger partial charge < -0.3 is 9.88 Å². The van der Waals surface area contributed by atoms with Gasteiger partial charge in [-0.1, -0.05) is 43.4 Å². The van der Waals surface area contributed by atoms with Crippen LogP contribution in [0.25, 0.3) is 10.9 Å². The quantitative estimate of drug-likeness (QED) is 0.890. The summed E-state index contributed by atoms with van der Waals surface area (Å²) < 4.78 is 1.95. The van der Waals surface area contributed by atoms with Crippen molar-refractivity contribution in [2.45, 2.75) is 38.6 Å². The van der Waals surface area contributed by atoms with Crippen molar-refractivity contribution in [2.24, 2.45) is 5.92 Å². The van der Waals surface area contributed by atoms with E-state index in [-0.39, 0.29) is 5.91 Å². The lowest BCUT2D eigenvalue weighted by Crippen LogP contribution is -2.29. The van der Waals surface area contributed by atoms with Crippen LogP contribution in [0.1, 0.15) is 32.1 Å². The van der Waals surface area contributed by atoms with E-state index in [4.69, 9.17) is 11.6 Å². The third kappa shape index (κ3) is 3.59. The first-order valence-electron chi connectivity index (χ1n) is 7.73. The first kappa shape index (κ1) is 14.5. The SMILES string of the molecule is O=C(Cn1ccc2ccc(Cl)cc21)NCCC1CCCC1. The monoisotopic (exact) mass is 304 g/mol. The van der Waals surface area contributed by atoms with E-state index in [0.717, 1.165) is 29.8 Å². The largest absolute Gasteiger partial charge is 0.355 e. The van der Waals surface area contributed by atoms with Gasteiger partial charge in [0.05, 0.1) is 0 Å². The van der Waals surface area contributed by atoms with Gasteiger partial charge in [-0.25, -0.2) is 0 Å². The minimum atomic E-state index is 0.0745. The number of amides is 1. The molecule has 0 spiro atoms.